The molecule has 18 heavy (non-hydrogen) atoms. The number of carbonyl (C=O) groups excluding carboxylic acids is 1. The molecule has 0 spiro atoms. The molecule has 1 amide bonds. The predicted molar refractivity (Wildman–Crippen MR) is 63.9 cm³/mol. The van der Waals surface area contributed by atoms with Crippen LogP contribution in [-0.4, -0.2) is 46.8 Å². The van der Waals surface area contributed by atoms with E-state index in [1.54, 1.807) is 0 Å². The molecule has 6 nitrogen and oxygen atoms in total. The van der Waals surface area contributed by atoms with E-state index >= 15 is 0 Å². The number of carbonyl (C=O) groups is 2. The Morgan fingerprint density at radius 3 is 2.83 bits per heavy atom. The summed E-state index contributed by atoms with van der Waals surface area (Å²) in [6, 6.07) is -0.234. The predicted octanol–water partition coefficient (Wildman–Crippen LogP) is -0.674. The fourth-order valence-electron chi connectivity index (χ4n) is 2.92. The Balaban J connectivity index is 1.87. The summed E-state index contributed by atoms with van der Waals surface area (Å²) in [6.07, 6.45) is 3.37. The lowest BCUT2D eigenvalue weighted by atomic mass is 9.93. The largest absolute Gasteiger partial charge is 0.479 e. The zero-order valence-electron chi connectivity index (χ0n) is 10.5. The molecule has 1 saturated carbocycles. The fraction of sp³-hybridized carbons (Fsp3) is 0.833. The second-order valence-corrected chi connectivity index (χ2v) is 5.54. The quantitative estimate of drug-likeness (QED) is 0.534. The van der Waals surface area contributed by atoms with Crippen molar-refractivity contribution >= 4 is 11.9 Å². The highest BCUT2D eigenvalue weighted by atomic mass is 16.4. The maximum absolute atomic E-state index is 12.0. The van der Waals surface area contributed by atoms with Crippen molar-refractivity contribution in [2.75, 3.05) is 13.1 Å². The van der Waals surface area contributed by atoms with Crippen LogP contribution < -0.4 is 10.6 Å². The van der Waals surface area contributed by atoms with Crippen LogP contribution in [0.25, 0.3) is 0 Å². The summed E-state index contributed by atoms with van der Waals surface area (Å²) in [7, 11) is 0. The maximum atomic E-state index is 12.0. The summed E-state index contributed by atoms with van der Waals surface area (Å²) in [5.41, 5.74) is -1.91. The molecule has 2 aliphatic rings. The van der Waals surface area contributed by atoms with Gasteiger partial charge in [-0.3, -0.25) is 4.79 Å². The van der Waals surface area contributed by atoms with Crippen LogP contribution in [0.15, 0.2) is 0 Å². The van der Waals surface area contributed by atoms with E-state index in [1.807, 2.05) is 0 Å². The van der Waals surface area contributed by atoms with Gasteiger partial charge in [-0.05, 0) is 38.1 Å². The van der Waals surface area contributed by atoms with Gasteiger partial charge in [0.2, 0.25) is 5.91 Å². The second kappa shape index (κ2) is 4.85. The van der Waals surface area contributed by atoms with Gasteiger partial charge in [-0.2, -0.15) is 0 Å². The number of aliphatic hydroxyl groups is 1. The van der Waals surface area contributed by atoms with Gasteiger partial charge in [0.05, 0.1) is 12.6 Å². The number of rotatable bonds is 4. The van der Waals surface area contributed by atoms with Crippen molar-refractivity contribution in [1.82, 2.24) is 10.6 Å². The van der Waals surface area contributed by atoms with E-state index in [1.165, 1.54) is 6.92 Å². The topological polar surface area (TPSA) is 98.7 Å². The van der Waals surface area contributed by atoms with Crippen LogP contribution in [0.3, 0.4) is 0 Å². The number of amides is 1. The van der Waals surface area contributed by atoms with Crippen molar-refractivity contribution in [3.05, 3.63) is 0 Å². The Labute approximate surface area is 106 Å². The van der Waals surface area contributed by atoms with E-state index in [-0.39, 0.29) is 18.5 Å². The van der Waals surface area contributed by atoms with Gasteiger partial charge in [0.1, 0.15) is 0 Å². The molecule has 2 fully saturated rings. The van der Waals surface area contributed by atoms with Gasteiger partial charge in [-0.1, -0.05) is 6.42 Å². The van der Waals surface area contributed by atoms with Gasteiger partial charge in [-0.25, -0.2) is 4.79 Å². The van der Waals surface area contributed by atoms with Crippen LogP contribution in [0.1, 0.15) is 26.2 Å². The summed E-state index contributed by atoms with van der Waals surface area (Å²) < 4.78 is 0. The van der Waals surface area contributed by atoms with Crippen molar-refractivity contribution in [3.8, 4) is 0 Å². The first-order valence-electron chi connectivity index (χ1n) is 6.38. The standard InChI is InChI=1S/C12H20N2O4/c1-12(18,11(16)17)6-14-10(15)9-8-4-2-3-7(8)5-13-9/h7-9,13,18H,2-6H2,1H3,(H,14,15)(H,16,17). The van der Waals surface area contributed by atoms with E-state index in [2.05, 4.69) is 10.6 Å². The van der Waals surface area contributed by atoms with E-state index in [4.69, 9.17) is 5.11 Å². The first-order chi connectivity index (χ1) is 8.42. The molecular weight excluding hydrogens is 236 g/mol. The first-order valence-corrected chi connectivity index (χ1v) is 6.38. The first kappa shape index (κ1) is 13.3. The summed E-state index contributed by atoms with van der Waals surface area (Å²) in [4.78, 5) is 22.7. The molecule has 1 aliphatic carbocycles. The lowest BCUT2D eigenvalue weighted by molar-refractivity contribution is -0.156. The third-order valence-electron chi connectivity index (χ3n) is 4.10. The Morgan fingerprint density at radius 1 is 1.44 bits per heavy atom. The third kappa shape index (κ3) is 2.49. The number of nitrogens with one attached hydrogen (secondary N) is 2. The highest BCUT2D eigenvalue weighted by Gasteiger charge is 2.43. The third-order valence-corrected chi connectivity index (χ3v) is 4.10. The minimum absolute atomic E-state index is 0.203. The molecular formula is C12H20N2O4. The normalized spacial score (nSPS) is 33.8. The minimum atomic E-state index is -1.91. The van der Waals surface area contributed by atoms with Crippen LogP contribution in [0.4, 0.5) is 0 Å². The fourth-order valence-corrected chi connectivity index (χ4v) is 2.92. The minimum Gasteiger partial charge on any atom is -0.479 e. The zero-order valence-corrected chi connectivity index (χ0v) is 10.5. The smallest absolute Gasteiger partial charge is 0.337 e. The lowest BCUT2D eigenvalue weighted by Gasteiger charge is -2.22. The second-order valence-electron chi connectivity index (χ2n) is 5.54. The molecule has 1 aliphatic heterocycles. The van der Waals surface area contributed by atoms with Crippen molar-refractivity contribution in [1.29, 1.82) is 0 Å². The molecule has 6 heteroatoms. The monoisotopic (exact) mass is 256 g/mol. The Hall–Kier alpha value is -1.14. The zero-order chi connectivity index (χ0) is 13.3. The maximum Gasteiger partial charge on any atom is 0.337 e. The number of fused-ring (bicyclic) bond motifs is 1. The number of hydrogen-bond acceptors (Lipinski definition) is 4. The molecule has 4 atom stereocenters. The van der Waals surface area contributed by atoms with Crippen molar-refractivity contribution < 1.29 is 19.8 Å². The van der Waals surface area contributed by atoms with Crippen LogP contribution in [0.2, 0.25) is 0 Å². The average molecular weight is 256 g/mol. The molecule has 0 aromatic rings. The van der Waals surface area contributed by atoms with Gasteiger partial charge in [-0.15, -0.1) is 0 Å². The molecule has 0 bridgehead atoms. The van der Waals surface area contributed by atoms with Gasteiger partial charge in [0.15, 0.2) is 5.60 Å². The number of hydrogen-bond donors (Lipinski definition) is 4. The van der Waals surface area contributed by atoms with Crippen molar-refractivity contribution in [2.45, 2.75) is 37.8 Å². The molecule has 0 radical (unpaired) electrons. The molecule has 0 aromatic carbocycles. The lowest BCUT2D eigenvalue weighted by Crippen LogP contribution is -2.51. The molecule has 1 heterocycles. The Kier molecular flexibility index (Phi) is 3.59. The summed E-state index contributed by atoms with van der Waals surface area (Å²) >= 11 is 0. The van der Waals surface area contributed by atoms with E-state index in [0.717, 1.165) is 25.8 Å². The van der Waals surface area contributed by atoms with Crippen LogP contribution in [0, 0.1) is 11.8 Å². The Morgan fingerprint density at radius 2 is 2.17 bits per heavy atom. The van der Waals surface area contributed by atoms with Crippen molar-refractivity contribution in [3.63, 3.8) is 0 Å². The molecule has 102 valence electrons. The summed E-state index contributed by atoms with van der Waals surface area (Å²) in [6.45, 7) is 1.77. The van der Waals surface area contributed by atoms with Gasteiger partial charge >= 0.3 is 5.97 Å². The molecule has 4 N–H and O–H groups in total. The van der Waals surface area contributed by atoms with Crippen LogP contribution in [0.5, 0.6) is 0 Å². The Bertz CT molecular complexity index is 356. The van der Waals surface area contributed by atoms with Crippen LogP contribution >= 0.6 is 0 Å². The molecule has 1 saturated heterocycles. The summed E-state index contributed by atoms with van der Waals surface area (Å²) in [5, 5.41) is 24.0. The molecule has 4 unspecified atom stereocenters. The number of aliphatic carboxylic acids is 1. The highest BCUT2D eigenvalue weighted by molar-refractivity contribution is 5.84. The average Bonchev–Trinajstić information content (AvgIpc) is 2.87. The van der Waals surface area contributed by atoms with Gasteiger partial charge in [0, 0.05) is 0 Å². The molecule has 2 rings (SSSR count). The summed E-state index contributed by atoms with van der Waals surface area (Å²) in [5.74, 6) is -0.604. The van der Waals surface area contributed by atoms with Gasteiger partial charge in [0.25, 0.3) is 0 Å². The van der Waals surface area contributed by atoms with Gasteiger partial charge < -0.3 is 20.8 Å². The van der Waals surface area contributed by atoms with E-state index < -0.39 is 11.6 Å². The van der Waals surface area contributed by atoms with Crippen LogP contribution in [-0.2, 0) is 9.59 Å². The number of carboxylic acid groups (broad SMARTS) is 1. The SMILES string of the molecule is CC(O)(CNC(=O)C1NCC2CCCC21)C(=O)O. The molecule has 0 aromatic heterocycles. The highest BCUT2D eigenvalue weighted by Crippen LogP contribution is 2.37. The van der Waals surface area contributed by atoms with Crippen molar-refractivity contribution in [2.24, 2.45) is 11.8 Å². The van der Waals surface area contributed by atoms with E-state index in [0.29, 0.717) is 11.8 Å². The number of carboxylic acids is 1. The van der Waals surface area contributed by atoms with E-state index in [9.17, 15) is 14.7 Å².